The van der Waals surface area contributed by atoms with Crippen LogP contribution in [0.4, 0.5) is 0 Å². The molecule has 0 amide bonds. The third-order valence-corrected chi connectivity index (χ3v) is 7.34. The van der Waals surface area contributed by atoms with E-state index in [9.17, 15) is 14.7 Å². The number of hydrogen-bond donors (Lipinski definition) is 2. The van der Waals surface area contributed by atoms with Crippen LogP contribution in [-0.4, -0.2) is 35.4 Å². The molecule has 0 aromatic heterocycles. The van der Waals surface area contributed by atoms with Crippen LogP contribution in [0.5, 0.6) is 11.5 Å². The van der Waals surface area contributed by atoms with Crippen molar-refractivity contribution in [3.05, 3.63) is 59.7 Å². The van der Waals surface area contributed by atoms with Gasteiger partial charge in [-0.05, 0) is 97.4 Å². The van der Waals surface area contributed by atoms with Gasteiger partial charge in [0.25, 0.3) is 0 Å². The quantitative estimate of drug-likeness (QED) is 0.220. The first-order valence-corrected chi connectivity index (χ1v) is 13.4. The van der Waals surface area contributed by atoms with Crippen LogP contribution in [0.3, 0.4) is 0 Å². The second kappa shape index (κ2) is 13.5. The van der Waals surface area contributed by atoms with E-state index < -0.39 is 24.5 Å². The van der Waals surface area contributed by atoms with Gasteiger partial charge < -0.3 is 19.7 Å². The lowest BCUT2D eigenvalue weighted by Crippen LogP contribution is -2.22. The highest BCUT2D eigenvalue weighted by Gasteiger charge is 2.26. The Morgan fingerprint density at radius 2 is 1.76 bits per heavy atom. The van der Waals surface area contributed by atoms with Crippen LogP contribution in [0.15, 0.2) is 48.6 Å². The number of carbonyl (C=O) groups excluding carboxylic acids is 2. The van der Waals surface area contributed by atoms with Gasteiger partial charge in [0.15, 0.2) is 0 Å². The van der Waals surface area contributed by atoms with Crippen molar-refractivity contribution in [3.8, 4) is 22.6 Å². The summed E-state index contributed by atoms with van der Waals surface area (Å²) in [4.78, 5) is 24.6. The molecule has 1 unspecified atom stereocenters. The summed E-state index contributed by atoms with van der Waals surface area (Å²) < 4.78 is 11.2. The molecule has 0 bridgehead atoms. The van der Waals surface area contributed by atoms with Crippen LogP contribution in [-0.2, 0) is 16.0 Å². The predicted octanol–water partition coefficient (Wildman–Crippen LogP) is 5.98. The maximum absolute atomic E-state index is 12.5. The van der Waals surface area contributed by atoms with Gasteiger partial charge in [0, 0.05) is 0 Å². The first-order valence-electron chi connectivity index (χ1n) is 13.4. The molecule has 0 spiro atoms. The van der Waals surface area contributed by atoms with Gasteiger partial charge in [0.1, 0.15) is 11.5 Å². The zero-order valence-corrected chi connectivity index (χ0v) is 22.3. The van der Waals surface area contributed by atoms with E-state index in [1.807, 2.05) is 31.2 Å². The summed E-state index contributed by atoms with van der Waals surface area (Å²) in [5.74, 6) is 0.361. The van der Waals surface area contributed by atoms with E-state index in [-0.39, 0.29) is 12.2 Å². The summed E-state index contributed by atoms with van der Waals surface area (Å²) in [6, 6.07) is 11.5. The highest BCUT2D eigenvalue weighted by molar-refractivity contribution is 5.89. The van der Waals surface area contributed by atoms with Gasteiger partial charge in [-0.1, -0.05) is 45.4 Å². The lowest BCUT2D eigenvalue weighted by atomic mass is 9.76. The molecule has 1 aliphatic carbocycles. The molecular weight excluding hydrogens is 468 g/mol. The highest BCUT2D eigenvalue weighted by atomic mass is 16.5. The molecular formula is C31H40O6. The fourth-order valence-corrected chi connectivity index (χ4v) is 5.03. The number of aryl methyl sites for hydroxylation is 1. The summed E-state index contributed by atoms with van der Waals surface area (Å²) in [7, 11) is 0. The second-order valence-corrected chi connectivity index (χ2v) is 10.1. The van der Waals surface area contributed by atoms with Crippen LogP contribution < -0.4 is 9.47 Å². The van der Waals surface area contributed by atoms with E-state index in [1.54, 1.807) is 13.0 Å². The first-order chi connectivity index (χ1) is 17.8. The number of aliphatic hydroxyl groups is 2. The number of carbonyl (C=O) groups is 2. The fourth-order valence-electron chi connectivity index (χ4n) is 5.03. The van der Waals surface area contributed by atoms with Crippen molar-refractivity contribution >= 4 is 11.9 Å². The monoisotopic (exact) mass is 508 g/mol. The minimum atomic E-state index is -0.651. The Balaban J connectivity index is 1.94. The van der Waals surface area contributed by atoms with Crippen molar-refractivity contribution in [2.75, 3.05) is 13.2 Å². The summed E-state index contributed by atoms with van der Waals surface area (Å²) in [5, 5.41) is 18.5. The smallest absolute Gasteiger partial charge is 0.341 e. The molecule has 0 heterocycles. The molecule has 0 radical (unpaired) electrons. The highest BCUT2D eigenvalue weighted by Crippen LogP contribution is 2.43. The molecule has 3 rings (SSSR count). The molecule has 1 saturated carbocycles. The molecule has 1 atom stereocenters. The third kappa shape index (κ3) is 7.30. The van der Waals surface area contributed by atoms with Crippen LogP contribution in [0.2, 0.25) is 0 Å². The third-order valence-electron chi connectivity index (χ3n) is 7.34. The van der Waals surface area contributed by atoms with Crippen LogP contribution in [0.1, 0.15) is 76.3 Å². The van der Waals surface area contributed by atoms with E-state index in [1.165, 1.54) is 25.7 Å². The van der Waals surface area contributed by atoms with Crippen molar-refractivity contribution in [1.82, 2.24) is 0 Å². The zero-order valence-electron chi connectivity index (χ0n) is 22.3. The average Bonchev–Trinajstić information content (AvgIpc) is 2.92. The van der Waals surface area contributed by atoms with Crippen LogP contribution >= 0.6 is 0 Å². The van der Waals surface area contributed by atoms with Crippen molar-refractivity contribution in [2.24, 2.45) is 11.8 Å². The Kier molecular flexibility index (Phi) is 10.5. The van der Waals surface area contributed by atoms with Crippen molar-refractivity contribution in [1.29, 1.82) is 0 Å². The Morgan fingerprint density at radius 3 is 2.38 bits per heavy atom. The molecule has 1 fully saturated rings. The zero-order chi connectivity index (χ0) is 26.9. The molecule has 0 aliphatic heterocycles. The van der Waals surface area contributed by atoms with Gasteiger partial charge in [-0.15, -0.1) is 0 Å². The second-order valence-electron chi connectivity index (χ2n) is 10.1. The minimum Gasteiger partial charge on any atom is -0.426 e. The molecule has 6 nitrogen and oxygen atoms in total. The minimum absolute atomic E-state index is 0.000997. The van der Waals surface area contributed by atoms with E-state index in [0.717, 1.165) is 47.4 Å². The molecule has 200 valence electrons. The summed E-state index contributed by atoms with van der Waals surface area (Å²) in [5.41, 5.74) is 4.07. The summed E-state index contributed by atoms with van der Waals surface area (Å²) >= 11 is 0. The van der Waals surface area contributed by atoms with Gasteiger partial charge in [0.2, 0.25) is 0 Å². The first kappa shape index (κ1) is 28.6. The van der Waals surface area contributed by atoms with E-state index >= 15 is 0 Å². The van der Waals surface area contributed by atoms with Gasteiger partial charge in [0.05, 0.1) is 24.7 Å². The van der Waals surface area contributed by atoms with E-state index in [0.29, 0.717) is 17.4 Å². The molecule has 1 aliphatic rings. The Hall–Kier alpha value is -2.96. The number of ether oxygens (including phenoxy) is 2. The van der Waals surface area contributed by atoms with Crippen LogP contribution in [0.25, 0.3) is 11.1 Å². The lowest BCUT2D eigenvalue weighted by molar-refractivity contribution is -0.139. The van der Waals surface area contributed by atoms with Gasteiger partial charge in [-0.3, -0.25) is 4.79 Å². The van der Waals surface area contributed by atoms with Crippen molar-refractivity contribution in [2.45, 2.75) is 71.6 Å². The molecule has 2 N–H and O–H groups in total. The maximum Gasteiger partial charge on any atom is 0.341 e. The van der Waals surface area contributed by atoms with Crippen molar-refractivity contribution in [3.63, 3.8) is 0 Å². The molecule has 6 heteroatoms. The number of rotatable bonds is 11. The van der Waals surface area contributed by atoms with Gasteiger partial charge in [-0.25, -0.2) is 4.79 Å². The van der Waals surface area contributed by atoms with Gasteiger partial charge >= 0.3 is 11.9 Å². The SMILES string of the molecule is C=C(CO)C(=O)Oc1ccc(-c2ccc(OC(=O)C(C)CO)c(C3CCC(CCC)CC3)c2)c(CC)c1. The van der Waals surface area contributed by atoms with Crippen molar-refractivity contribution < 1.29 is 29.3 Å². The van der Waals surface area contributed by atoms with E-state index in [4.69, 9.17) is 14.6 Å². The van der Waals surface area contributed by atoms with E-state index in [2.05, 4.69) is 19.6 Å². The molecule has 37 heavy (non-hydrogen) atoms. The van der Waals surface area contributed by atoms with Gasteiger partial charge in [-0.2, -0.15) is 0 Å². The number of esters is 2. The normalized spacial score (nSPS) is 18.2. The largest absolute Gasteiger partial charge is 0.426 e. The maximum atomic E-state index is 12.5. The topological polar surface area (TPSA) is 93.1 Å². The standard InChI is InChI=1S/C31H40O6/c1-5-7-22-8-10-24(11-9-22)28-17-25(12-15-29(28)37-31(35)21(4)19-33)27-14-13-26(16-23(27)6-2)36-30(34)20(3)18-32/h12-17,21-22,24,32-33H,3,5-11,18-19H2,1-2,4H3. The predicted molar refractivity (Wildman–Crippen MR) is 145 cm³/mol. The fraction of sp³-hybridized carbons (Fsp3) is 0.484. The van der Waals surface area contributed by atoms with Crippen LogP contribution in [0, 0.1) is 11.8 Å². The Bertz CT molecular complexity index is 1100. The number of hydrogen-bond acceptors (Lipinski definition) is 6. The average molecular weight is 509 g/mol. The Morgan fingerprint density at radius 1 is 1.03 bits per heavy atom. The molecule has 0 saturated heterocycles. The summed E-state index contributed by atoms with van der Waals surface area (Å²) in [6.45, 7) is 8.74. The lowest BCUT2D eigenvalue weighted by Gasteiger charge is -2.30. The number of aliphatic hydroxyl groups excluding tert-OH is 2. The molecule has 2 aromatic carbocycles. The Labute approximate surface area is 220 Å². The number of benzene rings is 2. The summed E-state index contributed by atoms with van der Waals surface area (Å²) in [6.07, 6.45) is 7.63. The molecule has 2 aromatic rings.